The fraction of sp³-hybridized carbons (Fsp3) is 0.265. The van der Waals surface area contributed by atoms with Gasteiger partial charge in [-0.05, 0) is 59.2 Å². The Balaban J connectivity index is 1.05. The van der Waals surface area contributed by atoms with Crippen molar-refractivity contribution in [3.63, 3.8) is 0 Å². The number of amides is 3. The predicted octanol–water partition coefficient (Wildman–Crippen LogP) is 4.66. The van der Waals surface area contributed by atoms with Crippen molar-refractivity contribution in [3.05, 3.63) is 107 Å². The van der Waals surface area contributed by atoms with Gasteiger partial charge in [-0.3, -0.25) is 29.5 Å². The van der Waals surface area contributed by atoms with Gasteiger partial charge in [-0.2, -0.15) is 0 Å². The molecule has 1 N–H and O–H groups in total. The summed E-state index contributed by atoms with van der Waals surface area (Å²) in [6, 6.07) is 24.7. The molecule has 0 bridgehead atoms. The van der Waals surface area contributed by atoms with Crippen molar-refractivity contribution in [2.24, 2.45) is 0 Å². The molecule has 8 heteroatoms. The van der Waals surface area contributed by atoms with E-state index in [-0.39, 0.29) is 24.1 Å². The third-order valence-corrected chi connectivity index (χ3v) is 8.73. The number of carbonyl (C=O) groups is 3. The van der Waals surface area contributed by atoms with Crippen LogP contribution in [-0.4, -0.2) is 54.8 Å². The third kappa shape index (κ3) is 4.71. The zero-order chi connectivity index (χ0) is 28.8. The Morgan fingerprint density at radius 3 is 2.31 bits per heavy atom. The first kappa shape index (κ1) is 26.3. The van der Waals surface area contributed by atoms with Crippen LogP contribution >= 0.6 is 0 Å². The monoisotopic (exact) mass is 562 g/mol. The number of hydrogen-bond donors (Lipinski definition) is 1. The summed E-state index contributed by atoms with van der Waals surface area (Å²) < 4.78 is 14.2. The summed E-state index contributed by atoms with van der Waals surface area (Å²) in [5.74, 6) is -1.08. The first-order chi connectivity index (χ1) is 20.5. The molecule has 3 heterocycles. The van der Waals surface area contributed by atoms with Crippen LogP contribution in [-0.2, 0) is 22.6 Å². The van der Waals surface area contributed by atoms with Crippen LogP contribution in [0.1, 0.15) is 39.9 Å². The molecule has 3 aliphatic rings. The molecule has 4 aromatic rings. The molecule has 0 saturated carbocycles. The Morgan fingerprint density at radius 1 is 0.786 bits per heavy atom. The van der Waals surface area contributed by atoms with E-state index < -0.39 is 11.9 Å². The molecule has 0 spiro atoms. The smallest absolute Gasteiger partial charge is 0.259 e. The van der Waals surface area contributed by atoms with E-state index in [4.69, 9.17) is 0 Å². The standard InChI is InChI=1S/C34H31FN4O3/c35-27-6-1-2-7-28(27)38-18-16-37(17-19-38)21-23-10-8-22(9-11-23)20-24-12-13-29-32-25(24)4-3-5-26(32)34(42)39(29)30-14-15-31(40)36-33(30)41/h1-13,30H,14-21H2,(H,36,40,41)/t30-/m1/s1. The molecule has 1 atom stereocenters. The molecule has 0 unspecified atom stereocenters. The van der Waals surface area contributed by atoms with Gasteiger partial charge in [0, 0.05) is 50.1 Å². The molecule has 2 saturated heterocycles. The van der Waals surface area contributed by atoms with Crippen LogP contribution in [0, 0.1) is 5.82 Å². The summed E-state index contributed by atoms with van der Waals surface area (Å²) in [4.78, 5) is 43.8. The largest absolute Gasteiger partial charge is 0.367 e. The number of halogens is 1. The van der Waals surface area contributed by atoms with E-state index in [9.17, 15) is 18.8 Å². The first-order valence-corrected chi connectivity index (χ1v) is 14.5. The van der Waals surface area contributed by atoms with Gasteiger partial charge in [0.2, 0.25) is 11.8 Å². The number of rotatable bonds is 6. The molecule has 212 valence electrons. The van der Waals surface area contributed by atoms with E-state index in [1.807, 2.05) is 42.5 Å². The quantitative estimate of drug-likeness (QED) is 0.346. The van der Waals surface area contributed by atoms with E-state index in [1.165, 1.54) is 17.2 Å². The van der Waals surface area contributed by atoms with E-state index in [2.05, 4.69) is 39.4 Å². The Labute approximate surface area is 243 Å². The number of anilines is 2. The van der Waals surface area contributed by atoms with Crippen LogP contribution in [0.5, 0.6) is 0 Å². The molecular formula is C34H31FN4O3. The van der Waals surface area contributed by atoms with Gasteiger partial charge in [0.05, 0.1) is 11.4 Å². The summed E-state index contributed by atoms with van der Waals surface area (Å²) in [7, 11) is 0. The highest BCUT2D eigenvalue weighted by Gasteiger charge is 2.40. The molecule has 7 nitrogen and oxygen atoms in total. The molecule has 3 amide bonds. The van der Waals surface area contributed by atoms with Crippen molar-refractivity contribution in [1.82, 2.24) is 10.2 Å². The molecule has 0 aromatic heterocycles. The van der Waals surface area contributed by atoms with Crippen molar-refractivity contribution in [1.29, 1.82) is 0 Å². The second-order valence-electron chi connectivity index (χ2n) is 11.3. The number of benzene rings is 4. The van der Waals surface area contributed by atoms with Gasteiger partial charge < -0.3 is 4.90 Å². The Morgan fingerprint density at radius 2 is 1.55 bits per heavy atom. The number of piperidine rings is 1. The summed E-state index contributed by atoms with van der Waals surface area (Å²) in [6.07, 6.45) is 1.26. The van der Waals surface area contributed by atoms with Crippen LogP contribution in [0.15, 0.2) is 78.9 Å². The Kier molecular flexibility index (Phi) is 6.70. The van der Waals surface area contributed by atoms with Gasteiger partial charge in [-0.25, -0.2) is 4.39 Å². The molecule has 0 radical (unpaired) electrons. The van der Waals surface area contributed by atoms with Crippen molar-refractivity contribution in [2.45, 2.75) is 31.8 Å². The normalized spacial score (nSPS) is 19.1. The van der Waals surface area contributed by atoms with Crippen LogP contribution in [0.3, 0.4) is 0 Å². The fourth-order valence-electron chi connectivity index (χ4n) is 6.55. The number of imide groups is 1. The fourth-order valence-corrected chi connectivity index (χ4v) is 6.55. The minimum Gasteiger partial charge on any atom is -0.367 e. The maximum atomic E-state index is 14.2. The highest BCUT2D eigenvalue weighted by atomic mass is 19.1. The van der Waals surface area contributed by atoms with Crippen molar-refractivity contribution in [3.8, 4) is 0 Å². The number of piperazine rings is 1. The average Bonchev–Trinajstić information content (AvgIpc) is 3.28. The van der Waals surface area contributed by atoms with Crippen LogP contribution in [0.2, 0.25) is 0 Å². The zero-order valence-corrected chi connectivity index (χ0v) is 23.2. The topological polar surface area (TPSA) is 73.0 Å². The Hall–Kier alpha value is -4.56. The third-order valence-electron chi connectivity index (χ3n) is 8.73. The number of para-hydroxylation sites is 1. The van der Waals surface area contributed by atoms with Gasteiger partial charge >= 0.3 is 0 Å². The molecule has 2 fully saturated rings. The lowest BCUT2D eigenvalue weighted by Gasteiger charge is -2.36. The number of carbonyl (C=O) groups excluding carboxylic acids is 3. The second kappa shape index (κ2) is 10.7. The molecule has 4 aromatic carbocycles. The highest BCUT2D eigenvalue weighted by molar-refractivity contribution is 6.27. The predicted molar refractivity (Wildman–Crippen MR) is 160 cm³/mol. The molecule has 3 aliphatic heterocycles. The lowest BCUT2D eigenvalue weighted by atomic mass is 9.95. The minimum atomic E-state index is -0.688. The molecular weight excluding hydrogens is 531 g/mol. The maximum Gasteiger partial charge on any atom is 0.259 e. The van der Waals surface area contributed by atoms with E-state index >= 15 is 0 Å². The van der Waals surface area contributed by atoms with Gasteiger partial charge in [-0.15, -0.1) is 0 Å². The number of nitrogens with zero attached hydrogens (tertiary/aromatic N) is 3. The summed E-state index contributed by atoms with van der Waals surface area (Å²) in [5.41, 5.74) is 5.54. The number of hydrogen-bond acceptors (Lipinski definition) is 5. The first-order valence-electron chi connectivity index (χ1n) is 14.5. The van der Waals surface area contributed by atoms with Crippen LogP contribution in [0.25, 0.3) is 10.8 Å². The van der Waals surface area contributed by atoms with Crippen LogP contribution < -0.4 is 15.1 Å². The van der Waals surface area contributed by atoms with Gasteiger partial charge in [0.15, 0.2) is 0 Å². The minimum absolute atomic E-state index is 0.167. The zero-order valence-electron chi connectivity index (χ0n) is 23.2. The van der Waals surface area contributed by atoms with Crippen LogP contribution in [0.4, 0.5) is 15.8 Å². The molecule has 42 heavy (non-hydrogen) atoms. The summed E-state index contributed by atoms with van der Waals surface area (Å²) >= 11 is 0. The summed E-state index contributed by atoms with van der Waals surface area (Å²) in [5, 5.41) is 4.26. The van der Waals surface area contributed by atoms with Gasteiger partial charge in [-0.1, -0.05) is 54.6 Å². The Bertz CT molecular complexity index is 1710. The lowest BCUT2D eigenvalue weighted by Crippen LogP contribution is -2.53. The van der Waals surface area contributed by atoms with E-state index in [0.29, 0.717) is 24.1 Å². The number of nitrogens with one attached hydrogen (secondary N) is 1. The van der Waals surface area contributed by atoms with Crippen molar-refractivity contribution >= 4 is 39.9 Å². The second-order valence-corrected chi connectivity index (χ2v) is 11.3. The average molecular weight is 563 g/mol. The van der Waals surface area contributed by atoms with E-state index in [0.717, 1.165) is 54.7 Å². The maximum absolute atomic E-state index is 14.2. The van der Waals surface area contributed by atoms with Crippen molar-refractivity contribution < 1.29 is 18.8 Å². The van der Waals surface area contributed by atoms with Gasteiger partial charge in [0.25, 0.3) is 5.91 Å². The van der Waals surface area contributed by atoms with Gasteiger partial charge in [0.1, 0.15) is 11.9 Å². The molecule has 7 rings (SSSR count). The highest BCUT2D eigenvalue weighted by Crippen LogP contribution is 2.41. The summed E-state index contributed by atoms with van der Waals surface area (Å²) in [6.45, 7) is 4.21. The SMILES string of the molecule is O=C1CC[C@@H](N2C(=O)c3cccc4c(Cc5ccc(CN6CCN(c7ccccc7F)CC6)cc5)ccc2c34)C(=O)N1. The van der Waals surface area contributed by atoms with Crippen molar-refractivity contribution in [2.75, 3.05) is 36.0 Å². The lowest BCUT2D eigenvalue weighted by molar-refractivity contribution is -0.134. The molecule has 0 aliphatic carbocycles. The van der Waals surface area contributed by atoms with E-state index in [1.54, 1.807) is 11.0 Å².